The number of fused-ring (bicyclic) bond motifs is 1. The second-order valence-electron chi connectivity index (χ2n) is 7.42. The molecule has 8 heteroatoms. The van der Waals surface area contributed by atoms with E-state index in [-0.39, 0.29) is 29.2 Å². The summed E-state index contributed by atoms with van der Waals surface area (Å²) in [6.07, 6.45) is 2.88. The van der Waals surface area contributed by atoms with Crippen LogP contribution in [0, 0.1) is 0 Å². The molecule has 2 N–H and O–H groups in total. The number of rotatable bonds is 5. The average molecular weight is 420 g/mol. The molecule has 3 aromatic rings. The van der Waals surface area contributed by atoms with E-state index in [0.717, 1.165) is 12.8 Å². The molecule has 0 unspecified atom stereocenters. The van der Waals surface area contributed by atoms with Crippen molar-refractivity contribution in [2.75, 3.05) is 25.0 Å². The molecule has 8 nitrogen and oxygen atoms in total. The highest BCUT2D eigenvalue weighted by Crippen LogP contribution is 2.27. The molecule has 2 aromatic carbocycles. The molecule has 1 fully saturated rings. The second kappa shape index (κ2) is 8.99. The first kappa shape index (κ1) is 20.6. The van der Waals surface area contributed by atoms with Crippen molar-refractivity contribution < 1.29 is 19.4 Å². The number of likely N-dealkylation sites (tertiary alicyclic amines) is 1. The van der Waals surface area contributed by atoms with Gasteiger partial charge in [0.05, 0.1) is 17.7 Å². The Morgan fingerprint density at radius 2 is 1.94 bits per heavy atom. The number of piperidine rings is 1. The van der Waals surface area contributed by atoms with Crippen LogP contribution in [0.3, 0.4) is 0 Å². The lowest BCUT2D eigenvalue weighted by Gasteiger charge is -2.31. The van der Waals surface area contributed by atoms with Crippen LogP contribution in [0.5, 0.6) is 5.75 Å². The summed E-state index contributed by atoms with van der Waals surface area (Å²) in [4.78, 5) is 35.1. The number of nitrogens with zero attached hydrogens (tertiary/aromatic N) is 3. The molecule has 1 amide bonds. The summed E-state index contributed by atoms with van der Waals surface area (Å²) < 4.78 is 5.04. The highest BCUT2D eigenvalue weighted by atomic mass is 16.6. The lowest BCUT2D eigenvalue weighted by atomic mass is 10.0. The van der Waals surface area contributed by atoms with E-state index in [0.29, 0.717) is 42.1 Å². The molecular formula is C23H24N4O4. The zero-order valence-electron chi connectivity index (χ0n) is 17.2. The fraction of sp³-hybridized carbons (Fsp3) is 0.304. The summed E-state index contributed by atoms with van der Waals surface area (Å²) in [5, 5.41) is 14.4. The first-order chi connectivity index (χ1) is 15.0. The maximum absolute atomic E-state index is 12.7. The molecular weight excluding hydrogens is 396 g/mol. The number of carbonyl (C=O) groups is 2. The average Bonchev–Trinajstić information content (AvgIpc) is 2.79. The van der Waals surface area contributed by atoms with Crippen molar-refractivity contribution in [1.82, 2.24) is 14.9 Å². The van der Waals surface area contributed by atoms with Gasteiger partial charge in [-0.25, -0.2) is 14.8 Å². The minimum absolute atomic E-state index is 0.117. The van der Waals surface area contributed by atoms with Crippen molar-refractivity contribution in [3.63, 3.8) is 0 Å². The van der Waals surface area contributed by atoms with Crippen LogP contribution in [-0.4, -0.2) is 57.6 Å². The number of aromatic nitrogens is 2. The van der Waals surface area contributed by atoms with Crippen molar-refractivity contribution >= 4 is 28.7 Å². The summed E-state index contributed by atoms with van der Waals surface area (Å²) >= 11 is 0. The van der Waals surface area contributed by atoms with Gasteiger partial charge in [0.1, 0.15) is 5.75 Å². The maximum Gasteiger partial charge on any atom is 0.409 e. The zero-order valence-corrected chi connectivity index (χ0v) is 17.2. The molecule has 31 heavy (non-hydrogen) atoms. The Morgan fingerprint density at radius 1 is 1.19 bits per heavy atom. The van der Waals surface area contributed by atoms with Crippen molar-refractivity contribution in [1.29, 1.82) is 0 Å². The van der Waals surface area contributed by atoms with E-state index in [2.05, 4.69) is 15.3 Å². The molecule has 0 atom stereocenters. The second-order valence-corrected chi connectivity index (χ2v) is 7.42. The van der Waals surface area contributed by atoms with Gasteiger partial charge in [0.25, 0.3) is 0 Å². The summed E-state index contributed by atoms with van der Waals surface area (Å²) in [6, 6.07) is 12.1. The lowest BCUT2D eigenvalue weighted by Crippen LogP contribution is -2.42. The molecule has 160 valence electrons. The minimum atomic E-state index is -0.278. The number of phenols is 1. The third kappa shape index (κ3) is 4.58. The number of nitrogens with one attached hydrogen (secondary N) is 1. The van der Waals surface area contributed by atoms with E-state index in [1.807, 2.05) is 6.07 Å². The van der Waals surface area contributed by atoms with Gasteiger partial charge in [0, 0.05) is 42.3 Å². The quantitative estimate of drug-likeness (QED) is 0.608. The summed E-state index contributed by atoms with van der Waals surface area (Å²) in [5.74, 6) is 0.0768. The SMILES string of the molecule is CCOC(=O)N1CCC(Nc2ncc3cc(C(=O)c4ccccc4)c(O)cc3n2)CC1. The molecule has 0 saturated carbocycles. The predicted octanol–water partition coefficient (Wildman–Crippen LogP) is 3.60. The van der Waals surface area contributed by atoms with E-state index in [9.17, 15) is 14.7 Å². The highest BCUT2D eigenvalue weighted by molar-refractivity contribution is 6.12. The van der Waals surface area contributed by atoms with Gasteiger partial charge in [-0.15, -0.1) is 0 Å². The first-order valence-corrected chi connectivity index (χ1v) is 10.3. The maximum atomic E-state index is 12.7. The summed E-state index contributed by atoms with van der Waals surface area (Å²) in [5.41, 5.74) is 1.27. The van der Waals surface area contributed by atoms with Crippen LogP contribution in [0.25, 0.3) is 10.9 Å². The van der Waals surface area contributed by atoms with Crippen molar-refractivity contribution in [2.45, 2.75) is 25.8 Å². The van der Waals surface area contributed by atoms with E-state index in [1.54, 1.807) is 48.4 Å². The Labute approximate surface area is 179 Å². The Morgan fingerprint density at radius 3 is 2.65 bits per heavy atom. The molecule has 1 aromatic heterocycles. The molecule has 0 aliphatic carbocycles. The fourth-order valence-electron chi connectivity index (χ4n) is 3.67. The van der Waals surface area contributed by atoms with Crippen LogP contribution in [0.15, 0.2) is 48.7 Å². The van der Waals surface area contributed by atoms with Crippen LogP contribution in [0.2, 0.25) is 0 Å². The third-order valence-corrected chi connectivity index (χ3v) is 5.33. The van der Waals surface area contributed by atoms with Crippen molar-refractivity contribution in [3.05, 3.63) is 59.8 Å². The number of ketones is 1. The van der Waals surface area contributed by atoms with Crippen LogP contribution in [-0.2, 0) is 4.74 Å². The van der Waals surface area contributed by atoms with Gasteiger partial charge in [-0.3, -0.25) is 4.79 Å². The molecule has 0 bridgehead atoms. The minimum Gasteiger partial charge on any atom is -0.507 e. The lowest BCUT2D eigenvalue weighted by molar-refractivity contribution is 0.0982. The fourth-order valence-corrected chi connectivity index (χ4v) is 3.67. The standard InChI is InChI=1S/C23H24N4O4/c1-2-31-23(30)27-10-8-17(9-11-27)25-22-24-14-16-12-18(20(28)13-19(16)26-22)21(29)15-6-4-3-5-7-15/h3-7,12-14,17,28H,2,8-11H2,1H3,(H,24,25,26). The number of phenolic OH excluding ortho intramolecular Hbond substituents is 1. The van der Waals surface area contributed by atoms with Gasteiger partial charge in [0.2, 0.25) is 5.95 Å². The predicted molar refractivity (Wildman–Crippen MR) is 116 cm³/mol. The number of benzene rings is 2. The molecule has 0 spiro atoms. The Balaban J connectivity index is 1.47. The van der Waals surface area contributed by atoms with Crippen LogP contribution in [0.1, 0.15) is 35.7 Å². The van der Waals surface area contributed by atoms with E-state index in [1.165, 1.54) is 6.07 Å². The van der Waals surface area contributed by atoms with E-state index >= 15 is 0 Å². The van der Waals surface area contributed by atoms with Crippen LogP contribution in [0.4, 0.5) is 10.7 Å². The van der Waals surface area contributed by atoms with Gasteiger partial charge >= 0.3 is 6.09 Å². The monoisotopic (exact) mass is 420 g/mol. The number of amides is 1. The summed E-state index contributed by atoms with van der Waals surface area (Å²) in [6.45, 7) is 3.38. The first-order valence-electron chi connectivity index (χ1n) is 10.3. The zero-order chi connectivity index (χ0) is 21.8. The van der Waals surface area contributed by atoms with Crippen LogP contribution >= 0.6 is 0 Å². The summed E-state index contributed by atoms with van der Waals surface area (Å²) in [7, 11) is 0. The highest BCUT2D eigenvalue weighted by Gasteiger charge is 2.24. The number of anilines is 1. The van der Waals surface area contributed by atoms with E-state index in [4.69, 9.17) is 4.74 Å². The molecule has 2 heterocycles. The molecule has 1 aliphatic rings. The van der Waals surface area contributed by atoms with E-state index < -0.39 is 0 Å². The third-order valence-electron chi connectivity index (χ3n) is 5.33. The largest absolute Gasteiger partial charge is 0.507 e. The molecule has 4 rings (SSSR count). The number of ether oxygens (including phenoxy) is 1. The number of hydrogen-bond acceptors (Lipinski definition) is 7. The van der Waals surface area contributed by atoms with Gasteiger partial charge in [-0.2, -0.15) is 0 Å². The van der Waals surface area contributed by atoms with Gasteiger partial charge in [0.15, 0.2) is 5.78 Å². The van der Waals surface area contributed by atoms with Gasteiger partial charge in [-0.1, -0.05) is 30.3 Å². The van der Waals surface area contributed by atoms with Crippen LogP contribution < -0.4 is 5.32 Å². The van der Waals surface area contributed by atoms with Crippen molar-refractivity contribution in [2.24, 2.45) is 0 Å². The number of carbonyl (C=O) groups excluding carboxylic acids is 2. The molecule has 1 aliphatic heterocycles. The Hall–Kier alpha value is -3.68. The Bertz CT molecular complexity index is 1100. The Kier molecular flexibility index (Phi) is 5.97. The molecule has 0 radical (unpaired) electrons. The smallest absolute Gasteiger partial charge is 0.409 e. The number of aromatic hydroxyl groups is 1. The normalized spacial score (nSPS) is 14.4. The van der Waals surface area contributed by atoms with Gasteiger partial charge in [-0.05, 0) is 25.8 Å². The van der Waals surface area contributed by atoms with Crippen molar-refractivity contribution in [3.8, 4) is 5.75 Å². The molecule has 1 saturated heterocycles. The van der Waals surface area contributed by atoms with Gasteiger partial charge < -0.3 is 20.1 Å². The number of hydrogen-bond donors (Lipinski definition) is 2. The topological polar surface area (TPSA) is 105 Å².